The SMILES string of the molecule is Cc1nc(Nc2ncc(C(=O)Nc3c(C)cccc3Cl)s2)cc(N2CCC(N(C)Cc3cccc(NC4CCC(=O)NC4=O)c3)CC2)n1. The topological polar surface area (TPSA) is 144 Å². The molecule has 0 aliphatic carbocycles. The van der Waals surface area contributed by atoms with E-state index in [2.05, 4.69) is 60.2 Å². The van der Waals surface area contributed by atoms with Crippen LogP contribution in [0.5, 0.6) is 0 Å². The highest BCUT2D eigenvalue weighted by atomic mass is 35.5. The molecule has 2 aromatic heterocycles. The van der Waals surface area contributed by atoms with Crippen LogP contribution in [0.2, 0.25) is 5.02 Å². The number of piperidine rings is 2. The molecule has 2 aromatic carbocycles. The highest BCUT2D eigenvalue weighted by Crippen LogP contribution is 2.29. The van der Waals surface area contributed by atoms with Gasteiger partial charge in [0, 0.05) is 43.9 Å². The predicted molar refractivity (Wildman–Crippen MR) is 189 cm³/mol. The maximum Gasteiger partial charge on any atom is 0.267 e. The predicted octanol–water partition coefficient (Wildman–Crippen LogP) is 5.52. The van der Waals surface area contributed by atoms with E-state index < -0.39 is 6.04 Å². The maximum atomic E-state index is 12.9. The first-order chi connectivity index (χ1) is 23.1. The number of imide groups is 1. The highest BCUT2D eigenvalue weighted by molar-refractivity contribution is 7.17. The molecule has 14 heteroatoms. The third-order valence-electron chi connectivity index (χ3n) is 8.60. The number of aromatic nitrogens is 3. The van der Waals surface area contributed by atoms with Gasteiger partial charge in [-0.15, -0.1) is 0 Å². The molecule has 4 heterocycles. The van der Waals surface area contributed by atoms with Crippen LogP contribution in [0.4, 0.5) is 28.1 Å². The number of nitrogens with one attached hydrogen (secondary N) is 4. The number of amides is 3. The largest absolute Gasteiger partial charge is 0.374 e. The van der Waals surface area contributed by atoms with Gasteiger partial charge in [-0.05, 0) is 69.5 Å². The first-order valence-corrected chi connectivity index (χ1v) is 17.1. The van der Waals surface area contributed by atoms with Gasteiger partial charge in [0.15, 0.2) is 5.13 Å². The van der Waals surface area contributed by atoms with Crippen molar-refractivity contribution in [3.05, 3.63) is 81.6 Å². The van der Waals surface area contributed by atoms with E-state index in [-0.39, 0.29) is 17.7 Å². The first-order valence-electron chi connectivity index (χ1n) is 15.9. The summed E-state index contributed by atoms with van der Waals surface area (Å²) in [7, 11) is 2.15. The Hall–Kier alpha value is -4.59. The normalized spacial score (nSPS) is 16.9. The molecule has 4 N–H and O–H groups in total. The summed E-state index contributed by atoms with van der Waals surface area (Å²) in [6, 6.07) is 15.5. The Morgan fingerprint density at radius 1 is 1.08 bits per heavy atom. The van der Waals surface area contributed by atoms with Crippen molar-refractivity contribution >= 4 is 68.8 Å². The fourth-order valence-corrected chi connectivity index (χ4v) is 7.02. The molecule has 4 aromatic rings. The summed E-state index contributed by atoms with van der Waals surface area (Å²) in [5.41, 5.74) is 3.50. The fraction of sp³-hybridized carbons (Fsp3) is 0.353. The molecule has 0 radical (unpaired) electrons. The molecule has 48 heavy (non-hydrogen) atoms. The van der Waals surface area contributed by atoms with Crippen molar-refractivity contribution in [2.24, 2.45) is 0 Å². The molecule has 0 spiro atoms. The average Bonchev–Trinajstić information content (AvgIpc) is 3.53. The van der Waals surface area contributed by atoms with Crippen molar-refractivity contribution in [3.63, 3.8) is 0 Å². The van der Waals surface area contributed by atoms with Crippen molar-refractivity contribution in [2.45, 2.75) is 58.2 Å². The van der Waals surface area contributed by atoms with Crippen molar-refractivity contribution < 1.29 is 14.4 Å². The van der Waals surface area contributed by atoms with E-state index in [0.717, 1.165) is 55.1 Å². The van der Waals surface area contributed by atoms with Crippen molar-refractivity contribution in [3.8, 4) is 0 Å². The molecule has 2 aliphatic rings. The van der Waals surface area contributed by atoms with Crippen molar-refractivity contribution in [1.29, 1.82) is 0 Å². The Bertz CT molecular complexity index is 1800. The first kappa shape index (κ1) is 33.3. The standard InChI is InChI=1S/C34H38ClN9O3S/c1-20-6-4-9-25(35)31(20)42-33(47)27-18-36-34(48-27)40-28-17-29(38-21(2)37-28)44-14-12-24(13-15-44)43(3)19-22-7-5-8-23(16-22)39-26-10-11-30(45)41-32(26)46/h4-9,16-18,24,26,39H,10-15,19H2,1-3H3,(H,42,47)(H,41,45,46)(H,36,37,38,40). The van der Waals surface area contributed by atoms with Crippen molar-refractivity contribution in [2.75, 3.05) is 41.0 Å². The summed E-state index contributed by atoms with van der Waals surface area (Å²) in [5.74, 6) is 1.34. The molecule has 1 atom stereocenters. The van der Waals surface area contributed by atoms with Gasteiger partial charge in [-0.2, -0.15) is 0 Å². The van der Waals surface area contributed by atoms with E-state index in [1.54, 1.807) is 6.07 Å². The second-order valence-electron chi connectivity index (χ2n) is 12.2. The Balaban J connectivity index is 1.02. The molecular weight excluding hydrogens is 650 g/mol. The van der Waals surface area contributed by atoms with E-state index in [1.165, 1.54) is 17.5 Å². The minimum atomic E-state index is -0.406. The van der Waals surface area contributed by atoms with E-state index in [9.17, 15) is 14.4 Å². The average molecular weight is 688 g/mol. The zero-order valence-electron chi connectivity index (χ0n) is 27.0. The Labute approximate surface area is 288 Å². The zero-order valence-corrected chi connectivity index (χ0v) is 28.6. The lowest BCUT2D eigenvalue weighted by molar-refractivity contribution is -0.133. The van der Waals surface area contributed by atoms with Crippen LogP contribution in [0, 0.1) is 13.8 Å². The number of anilines is 5. The van der Waals surface area contributed by atoms with Crippen LogP contribution in [0.3, 0.4) is 0 Å². The fourth-order valence-electron chi connectivity index (χ4n) is 6.03. The van der Waals surface area contributed by atoms with Crippen LogP contribution < -0.4 is 26.2 Å². The van der Waals surface area contributed by atoms with Crippen molar-refractivity contribution in [1.82, 2.24) is 25.2 Å². The number of hydrogen-bond donors (Lipinski definition) is 4. The van der Waals surface area contributed by atoms with Crippen LogP contribution in [0.1, 0.15) is 52.3 Å². The van der Waals surface area contributed by atoms with E-state index >= 15 is 0 Å². The number of benzene rings is 2. The van der Waals surface area contributed by atoms with Gasteiger partial charge in [0.25, 0.3) is 5.91 Å². The number of thiazole rings is 1. The molecule has 3 amide bonds. The summed E-state index contributed by atoms with van der Waals surface area (Å²) in [5, 5.41) is 12.9. The number of halogens is 1. The van der Waals surface area contributed by atoms with E-state index in [4.69, 9.17) is 16.6 Å². The number of hydrogen-bond acceptors (Lipinski definition) is 11. The maximum absolute atomic E-state index is 12.9. The number of carbonyl (C=O) groups excluding carboxylic acids is 3. The van der Waals surface area contributed by atoms with Gasteiger partial charge in [-0.1, -0.05) is 47.2 Å². The van der Waals surface area contributed by atoms with Gasteiger partial charge in [-0.3, -0.25) is 24.6 Å². The van der Waals surface area contributed by atoms with Crippen LogP contribution in [0.15, 0.2) is 54.7 Å². The van der Waals surface area contributed by atoms with Crippen LogP contribution >= 0.6 is 22.9 Å². The van der Waals surface area contributed by atoms with Gasteiger partial charge in [0.1, 0.15) is 28.4 Å². The molecule has 2 fully saturated rings. The van der Waals surface area contributed by atoms with Gasteiger partial charge in [0.05, 0.1) is 16.9 Å². The molecule has 0 saturated carbocycles. The number of aryl methyl sites for hydroxylation is 2. The lowest BCUT2D eigenvalue weighted by Crippen LogP contribution is -2.47. The highest BCUT2D eigenvalue weighted by Gasteiger charge is 2.27. The number of para-hydroxylation sites is 1. The van der Waals surface area contributed by atoms with E-state index in [0.29, 0.717) is 51.2 Å². The molecule has 6 rings (SSSR count). The van der Waals surface area contributed by atoms with Gasteiger partial charge >= 0.3 is 0 Å². The molecule has 2 aliphatic heterocycles. The molecule has 2 saturated heterocycles. The zero-order chi connectivity index (χ0) is 33.8. The quantitative estimate of drug-likeness (QED) is 0.157. The molecule has 12 nitrogen and oxygen atoms in total. The third-order valence-corrected chi connectivity index (χ3v) is 9.83. The van der Waals surface area contributed by atoms with Gasteiger partial charge < -0.3 is 20.9 Å². The second-order valence-corrected chi connectivity index (χ2v) is 13.6. The summed E-state index contributed by atoms with van der Waals surface area (Å²) in [4.78, 5) is 55.3. The molecule has 250 valence electrons. The van der Waals surface area contributed by atoms with Crippen LogP contribution in [-0.4, -0.2) is 69.8 Å². The number of rotatable bonds is 10. The third kappa shape index (κ3) is 8.09. The summed E-state index contributed by atoms with van der Waals surface area (Å²) in [6.45, 7) is 6.24. The minimum Gasteiger partial charge on any atom is -0.374 e. The van der Waals surface area contributed by atoms with Gasteiger partial charge in [-0.25, -0.2) is 15.0 Å². The number of carbonyl (C=O) groups is 3. The summed E-state index contributed by atoms with van der Waals surface area (Å²) in [6.07, 6.45) is 4.33. The molecular formula is C34H38ClN9O3S. The Morgan fingerprint density at radius 3 is 2.65 bits per heavy atom. The lowest BCUT2D eigenvalue weighted by Gasteiger charge is -2.37. The summed E-state index contributed by atoms with van der Waals surface area (Å²) >= 11 is 7.52. The molecule has 0 bridgehead atoms. The molecule has 1 unspecified atom stereocenters. The second kappa shape index (κ2) is 14.7. The lowest BCUT2D eigenvalue weighted by atomic mass is 10.0. The minimum absolute atomic E-state index is 0.218. The Morgan fingerprint density at radius 2 is 1.88 bits per heavy atom. The smallest absolute Gasteiger partial charge is 0.267 e. The number of nitrogens with zero attached hydrogens (tertiary/aromatic N) is 5. The van der Waals surface area contributed by atoms with Gasteiger partial charge in [0.2, 0.25) is 11.8 Å². The van der Waals surface area contributed by atoms with E-state index in [1.807, 2.05) is 44.2 Å². The monoisotopic (exact) mass is 687 g/mol. The summed E-state index contributed by atoms with van der Waals surface area (Å²) < 4.78 is 0. The van der Waals surface area contributed by atoms with Crippen LogP contribution in [0.25, 0.3) is 0 Å². The van der Waals surface area contributed by atoms with Crippen LogP contribution in [-0.2, 0) is 16.1 Å². The Kier molecular flexibility index (Phi) is 10.2.